The Morgan fingerprint density at radius 2 is 1.28 bits per heavy atom. The summed E-state index contributed by atoms with van der Waals surface area (Å²) in [4.78, 5) is 51.1. The molecule has 0 radical (unpaired) electrons. The van der Waals surface area contributed by atoms with Crippen LogP contribution in [0.15, 0.2) is 11.1 Å². The Hall–Kier alpha value is -2.18. The molecule has 2 saturated heterocycles. The number of fused-ring (bicyclic) bond motifs is 1. The summed E-state index contributed by atoms with van der Waals surface area (Å²) in [6.45, 7) is 5.66. The van der Waals surface area contributed by atoms with Gasteiger partial charge in [0.25, 0.3) is 0 Å². The molecule has 6 aliphatic rings. The van der Waals surface area contributed by atoms with Crippen LogP contribution >= 0.6 is 0 Å². The van der Waals surface area contributed by atoms with Gasteiger partial charge < -0.3 is 24.1 Å². The molecule has 6 fully saturated rings. The van der Waals surface area contributed by atoms with Crippen LogP contribution in [0.5, 0.6) is 0 Å². The molecule has 4 atom stereocenters. The second-order valence-corrected chi connectivity index (χ2v) is 16.6. The Morgan fingerprint density at radius 3 is 1.98 bits per heavy atom. The van der Waals surface area contributed by atoms with Crippen molar-refractivity contribution >= 4 is 23.6 Å². The molecule has 4 unspecified atom stereocenters. The van der Waals surface area contributed by atoms with E-state index in [0.29, 0.717) is 76.8 Å². The summed E-state index contributed by atoms with van der Waals surface area (Å²) in [5.74, 6) is -0.250. The molecular weight excluding hydrogens is 676 g/mol. The standard InChI is InChI=1S/C42H66N2O9/c1-2-34(28-7-4-3-5-8-28)39(29-9-13-31(45)14-10-29)30-11-15-32(16-12-30)53-26-25-51-24-23-50-21-6-22-52-33-17-18-35-36(27-33)42(49)44(41(35)48)37-19-20-38(46)43-40(37)47/h28-33,35-37,45H,2-27H2,1H3,(H,43,46,47)/b39-34-. The topological polar surface area (TPSA) is 141 Å². The van der Waals surface area contributed by atoms with Gasteiger partial charge in [0, 0.05) is 19.6 Å². The Bertz CT molecular complexity index is 1260. The highest BCUT2D eigenvalue weighted by molar-refractivity contribution is 6.10. The molecule has 2 heterocycles. The minimum Gasteiger partial charge on any atom is -0.393 e. The molecule has 0 bridgehead atoms. The maximum Gasteiger partial charge on any atom is 0.249 e. The van der Waals surface area contributed by atoms with Crippen molar-refractivity contribution in [3.05, 3.63) is 11.1 Å². The first-order valence-electron chi connectivity index (χ1n) is 21.3. The molecule has 53 heavy (non-hydrogen) atoms. The van der Waals surface area contributed by atoms with E-state index >= 15 is 0 Å². The number of nitrogens with one attached hydrogen (secondary N) is 1. The summed E-state index contributed by atoms with van der Waals surface area (Å²) in [5, 5.41) is 12.5. The average Bonchev–Trinajstić information content (AvgIpc) is 3.42. The van der Waals surface area contributed by atoms with Crippen LogP contribution in [0.3, 0.4) is 0 Å². The normalized spacial score (nSPS) is 33.5. The first kappa shape index (κ1) is 40.5. The van der Waals surface area contributed by atoms with E-state index in [-0.39, 0.29) is 42.8 Å². The first-order chi connectivity index (χ1) is 25.8. The molecule has 11 nitrogen and oxygen atoms in total. The maximum absolute atomic E-state index is 13.2. The molecule has 0 spiro atoms. The number of likely N-dealkylation sites (tertiary alicyclic amines) is 1. The van der Waals surface area contributed by atoms with Crippen LogP contribution in [0.2, 0.25) is 0 Å². The van der Waals surface area contributed by atoms with Crippen molar-refractivity contribution in [1.82, 2.24) is 10.2 Å². The van der Waals surface area contributed by atoms with Crippen molar-refractivity contribution in [2.24, 2.45) is 29.6 Å². The van der Waals surface area contributed by atoms with Gasteiger partial charge in [0.2, 0.25) is 23.6 Å². The Balaban J connectivity index is 0.807. The fraction of sp³-hybridized carbons (Fsp3) is 0.857. The lowest BCUT2D eigenvalue weighted by molar-refractivity contribution is -0.151. The highest BCUT2D eigenvalue weighted by atomic mass is 16.5. The predicted octanol–water partition coefficient (Wildman–Crippen LogP) is 5.80. The lowest BCUT2D eigenvalue weighted by Gasteiger charge is -2.39. The van der Waals surface area contributed by atoms with Gasteiger partial charge in [-0.05, 0) is 120 Å². The van der Waals surface area contributed by atoms with Crippen LogP contribution in [-0.2, 0) is 38.1 Å². The van der Waals surface area contributed by atoms with Crippen molar-refractivity contribution in [3.63, 3.8) is 0 Å². The third-order valence-corrected chi connectivity index (χ3v) is 13.3. The second kappa shape index (κ2) is 20.1. The van der Waals surface area contributed by atoms with Crippen LogP contribution in [0, 0.1) is 29.6 Å². The molecule has 298 valence electrons. The zero-order valence-electron chi connectivity index (χ0n) is 32.2. The largest absolute Gasteiger partial charge is 0.393 e. The van der Waals surface area contributed by atoms with E-state index in [9.17, 15) is 24.3 Å². The van der Waals surface area contributed by atoms with Gasteiger partial charge in [0.05, 0.1) is 56.6 Å². The van der Waals surface area contributed by atoms with E-state index in [2.05, 4.69) is 12.2 Å². The molecule has 11 heteroatoms. The van der Waals surface area contributed by atoms with Gasteiger partial charge in [0.1, 0.15) is 6.04 Å². The minimum atomic E-state index is -0.888. The SMILES string of the molecule is CC/C(=C(\C1CCC(O)CC1)C1CCC(OCCOCCOCCCOC2CCC3C(=O)N(C4CCC(=O)NC4=O)C(=O)C3C2)CC1)C1CCCCC1. The first-order valence-corrected chi connectivity index (χ1v) is 21.3. The van der Waals surface area contributed by atoms with E-state index in [1.54, 1.807) is 5.57 Å². The molecule has 0 aromatic heterocycles. The number of amides is 4. The highest BCUT2D eigenvalue weighted by Crippen LogP contribution is 2.46. The molecule has 0 aromatic rings. The molecule has 4 saturated carbocycles. The Morgan fingerprint density at radius 1 is 0.660 bits per heavy atom. The van der Waals surface area contributed by atoms with Crippen LogP contribution < -0.4 is 5.32 Å². The average molecular weight is 743 g/mol. The smallest absolute Gasteiger partial charge is 0.249 e. The predicted molar refractivity (Wildman–Crippen MR) is 198 cm³/mol. The van der Waals surface area contributed by atoms with Gasteiger partial charge >= 0.3 is 0 Å². The van der Waals surface area contributed by atoms with Crippen molar-refractivity contribution < 1.29 is 43.2 Å². The number of allylic oxidation sites excluding steroid dienone is 2. The molecule has 4 amide bonds. The van der Waals surface area contributed by atoms with E-state index in [0.717, 1.165) is 55.8 Å². The van der Waals surface area contributed by atoms with Gasteiger partial charge in [-0.2, -0.15) is 0 Å². The number of nitrogens with zero attached hydrogens (tertiary/aromatic N) is 1. The number of carbonyl (C=O) groups excluding carboxylic acids is 4. The minimum absolute atomic E-state index is 0.103. The molecule has 2 aliphatic heterocycles. The van der Waals surface area contributed by atoms with Crippen molar-refractivity contribution in [2.45, 2.75) is 160 Å². The van der Waals surface area contributed by atoms with Crippen molar-refractivity contribution in [3.8, 4) is 0 Å². The van der Waals surface area contributed by atoms with Gasteiger partial charge in [-0.3, -0.25) is 29.4 Å². The molecule has 6 rings (SSSR count). The summed E-state index contributed by atoms with van der Waals surface area (Å²) < 4.78 is 23.9. The number of aliphatic hydroxyl groups excluding tert-OH is 1. The molecular formula is C42H66N2O9. The molecule has 4 aliphatic carbocycles. The third kappa shape index (κ3) is 10.6. The van der Waals surface area contributed by atoms with Crippen LogP contribution in [0.1, 0.15) is 135 Å². The lowest BCUT2D eigenvalue weighted by Crippen LogP contribution is -2.54. The third-order valence-electron chi connectivity index (χ3n) is 13.3. The van der Waals surface area contributed by atoms with Crippen LogP contribution in [0.4, 0.5) is 0 Å². The van der Waals surface area contributed by atoms with Crippen molar-refractivity contribution in [2.75, 3.05) is 39.6 Å². The Kier molecular flexibility index (Phi) is 15.4. The van der Waals surface area contributed by atoms with Crippen LogP contribution in [0.25, 0.3) is 0 Å². The van der Waals surface area contributed by atoms with Gasteiger partial charge in [-0.15, -0.1) is 0 Å². The zero-order chi connectivity index (χ0) is 37.2. The molecule has 0 aromatic carbocycles. The van der Waals surface area contributed by atoms with Gasteiger partial charge in [0.15, 0.2) is 0 Å². The van der Waals surface area contributed by atoms with E-state index in [1.807, 2.05) is 5.57 Å². The number of imide groups is 2. The maximum atomic E-state index is 13.2. The summed E-state index contributed by atoms with van der Waals surface area (Å²) >= 11 is 0. The van der Waals surface area contributed by atoms with Gasteiger partial charge in [-0.1, -0.05) is 37.3 Å². The summed E-state index contributed by atoms with van der Waals surface area (Å²) in [5.41, 5.74) is 3.60. The van der Waals surface area contributed by atoms with E-state index in [1.165, 1.54) is 51.4 Å². The summed E-state index contributed by atoms with van der Waals surface area (Å²) in [6.07, 6.45) is 19.9. The number of piperidine rings is 1. The quantitative estimate of drug-likeness (QED) is 0.108. The molecule has 2 N–H and O–H groups in total. The van der Waals surface area contributed by atoms with Crippen molar-refractivity contribution in [1.29, 1.82) is 0 Å². The number of carbonyl (C=O) groups is 4. The second-order valence-electron chi connectivity index (χ2n) is 16.6. The number of hydrogen-bond acceptors (Lipinski definition) is 9. The van der Waals surface area contributed by atoms with E-state index < -0.39 is 23.8 Å². The van der Waals surface area contributed by atoms with E-state index in [4.69, 9.17) is 18.9 Å². The monoisotopic (exact) mass is 742 g/mol. The fourth-order valence-corrected chi connectivity index (χ4v) is 10.5. The summed E-state index contributed by atoms with van der Waals surface area (Å²) in [7, 11) is 0. The zero-order valence-corrected chi connectivity index (χ0v) is 32.2. The number of rotatable bonds is 17. The van der Waals surface area contributed by atoms with Gasteiger partial charge in [-0.25, -0.2) is 0 Å². The number of aliphatic hydroxyl groups is 1. The highest BCUT2D eigenvalue weighted by Gasteiger charge is 2.54. The summed E-state index contributed by atoms with van der Waals surface area (Å²) in [6, 6.07) is -0.888. The Labute approximate surface area is 316 Å². The van der Waals surface area contributed by atoms with Crippen LogP contribution in [-0.4, -0.2) is 97.6 Å². The lowest BCUT2D eigenvalue weighted by atomic mass is 9.68. The number of hydrogen-bond donors (Lipinski definition) is 2. The fourth-order valence-electron chi connectivity index (χ4n) is 10.5. The number of ether oxygens (including phenoxy) is 4.